The number of aryl methyl sites for hydroxylation is 1. The minimum Gasteiger partial charge on any atom is -0.491 e. The zero-order valence-corrected chi connectivity index (χ0v) is 35.5. The van der Waals surface area contributed by atoms with Gasteiger partial charge in [-0.15, -0.1) is 0 Å². The second-order valence-corrected chi connectivity index (χ2v) is 13.1. The predicted molar refractivity (Wildman–Crippen MR) is 218 cm³/mol. The van der Waals surface area contributed by atoms with Crippen molar-refractivity contribution < 1.29 is 61.6 Å². The molecule has 0 radical (unpaired) electrons. The lowest BCUT2D eigenvalue weighted by atomic mass is 10.0. The van der Waals surface area contributed by atoms with E-state index >= 15 is 0 Å². The Kier molecular flexibility index (Phi) is 42.7. The summed E-state index contributed by atoms with van der Waals surface area (Å²) in [5, 5.41) is 0. The summed E-state index contributed by atoms with van der Waals surface area (Å²) in [6.07, 6.45) is 9.09. The maximum Gasteiger partial charge on any atom is 0.119 e. The summed E-state index contributed by atoms with van der Waals surface area (Å²) >= 11 is 2.28. The Bertz CT molecular complexity index is 841. The molecule has 0 aliphatic heterocycles. The van der Waals surface area contributed by atoms with E-state index in [-0.39, 0.29) is 0 Å². The van der Waals surface area contributed by atoms with Crippen LogP contribution in [0, 0.1) is 0 Å². The van der Waals surface area contributed by atoms with E-state index < -0.39 is 0 Å². The van der Waals surface area contributed by atoms with Gasteiger partial charge in [0.05, 0.1) is 159 Å². The summed E-state index contributed by atoms with van der Waals surface area (Å²) < 4.78 is 72.6. The molecule has 0 saturated heterocycles. The minimum atomic E-state index is 0.511. The first-order chi connectivity index (χ1) is 26.9. The molecule has 0 fully saturated rings. The van der Waals surface area contributed by atoms with Crippen LogP contribution in [0.25, 0.3) is 0 Å². The zero-order valence-electron chi connectivity index (χ0n) is 33.3. The van der Waals surface area contributed by atoms with Crippen molar-refractivity contribution in [1.29, 1.82) is 0 Å². The zero-order chi connectivity index (χ0) is 38.5. The van der Waals surface area contributed by atoms with Gasteiger partial charge in [-0.25, -0.2) is 0 Å². The van der Waals surface area contributed by atoms with Gasteiger partial charge in [-0.3, -0.25) is 0 Å². The molecule has 13 nitrogen and oxygen atoms in total. The van der Waals surface area contributed by atoms with Crippen molar-refractivity contribution in [2.75, 3.05) is 170 Å². The highest BCUT2D eigenvalue weighted by Crippen LogP contribution is 2.15. The first-order valence-corrected chi connectivity index (χ1v) is 21.6. The molecular formula is C40H73IO13. The Morgan fingerprint density at radius 1 is 0.333 bits per heavy atom. The summed E-state index contributed by atoms with van der Waals surface area (Å²) in [6, 6.07) is 8.44. The van der Waals surface area contributed by atoms with E-state index in [1.54, 1.807) is 0 Å². The normalized spacial score (nSPS) is 11.5. The van der Waals surface area contributed by atoms with E-state index in [0.717, 1.165) is 23.2 Å². The highest BCUT2D eigenvalue weighted by atomic mass is 127. The van der Waals surface area contributed by atoms with Gasteiger partial charge in [-0.1, -0.05) is 73.8 Å². The number of hydrogen-bond acceptors (Lipinski definition) is 13. The molecule has 0 aliphatic rings. The van der Waals surface area contributed by atoms with Crippen LogP contribution in [0.5, 0.6) is 5.75 Å². The topological polar surface area (TPSA) is 120 Å². The quantitative estimate of drug-likeness (QED) is 0.0460. The Hall–Kier alpha value is -0.730. The van der Waals surface area contributed by atoms with Crippen molar-refractivity contribution in [3.05, 3.63) is 29.8 Å². The fraction of sp³-hybridized carbons (Fsp3) is 0.850. The number of halogens is 1. The number of ether oxygens (including phenoxy) is 13. The van der Waals surface area contributed by atoms with Gasteiger partial charge in [0.2, 0.25) is 0 Å². The fourth-order valence-corrected chi connectivity index (χ4v) is 4.97. The second kappa shape index (κ2) is 45.0. The van der Waals surface area contributed by atoms with E-state index in [9.17, 15) is 0 Å². The number of rotatable bonds is 46. The monoisotopic (exact) mass is 888 g/mol. The third kappa shape index (κ3) is 39.5. The number of unbranched alkanes of at least 4 members (excludes halogenated alkanes) is 5. The molecule has 0 unspecified atom stereocenters. The van der Waals surface area contributed by atoms with Crippen molar-refractivity contribution >= 4 is 22.6 Å². The van der Waals surface area contributed by atoms with Crippen LogP contribution in [0.4, 0.5) is 0 Å². The van der Waals surface area contributed by atoms with Crippen LogP contribution < -0.4 is 4.74 Å². The molecule has 0 saturated carbocycles. The van der Waals surface area contributed by atoms with Crippen LogP contribution in [-0.4, -0.2) is 170 Å². The lowest BCUT2D eigenvalue weighted by Crippen LogP contribution is -2.15. The SMILES string of the molecule is CCCCCCCCc1ccc(OCCOCCOCCOCCOCCOCCOCCOCCOCCOCCOCCOCCOCCI)cc1. The Morgan fingerprint density at radius 3 is 0.926 bits per heavy atom. The van der Waals surface area contributed by atoms with Crippen LogP contribution in [0.15, 0.2) is 24.3 Å². The lowest BCUT2D eigenvalue weighted by Gasteiger charge is -2.09. The smallest absolute Gasteiger partial charge is 0.119 e. The molecule has 0 aliphatic carbocycles. The maximum atomic E-state index is 5.78. The van der Waals surface area contributed by atoms with Gasteiger partial charge in [0.15, 0.2) is 0 Å². The molecule has 0 N–H and O–H groups in total. The molecule has 14 heteroatoms. The van der Waals surface area contributed by atoms with Gasteiger partial charge in [0.1, 0.15) is 12.4 Å². The van der Waals surface area contributed by atoms with Gasteiger partial charge >= 0.3 is 0 Å². The Balaban J connectivity index is 1.66. The van der Waals surface area contributed by atoms with Gasteiger partial charge in [0.25, 0.3) is 0 Å². The van der Waals surface area contributed by atoms with Crippen molar-refractivity contribution in [1.82, 2.24) is 0 Å². The first-order valence-electron chi connectivity index (χ1n) is 20.1. The average molecular weight is 889 g/mol. The summed E-state index contributed by atoms with van der Waals surface area (Å²) in [7, 11) is 0. The molecule has 54 heavy (non-hydrogen) atoms. The minimum absolute atomic E-state index is 0.511. The third-order valence-electron chi connectivity index (χ3n) is 7.55. The number of benzene rings is 1. The number of alkyl halides is 1. The maximum absolute atomic E-state index is 5.78. The number of hydrogen-bond donors (Lipinski definition) is 0. The van der Waals surface area contributed by atoms with E-state index in [1.165, 1.54) is 44.1 Å². The highest BCUT2D eigenvalue weighted by Gasteiger charge is 1.99. The average Bonchev–Trinajstić information content (AvgIpc) is 3.19. The second-order valence-electron chi connectivity index (χ2n) is 12.0. The molecule has 318 valence electrons. The molecule has 1 aromatic carbocycles. The summed E-state index contributed by atoms with van der Waals surface area (Å²) in [4.78, 5) is 0. The Labute approximate surface area is 340 Å². The Morgan fingerprint density at radius 2 is 0.611 bits per heavy atom. The molecular weight excluding hydrogens is 815 g/mol. The summed E-state index contributed by atoms with van der Waals surface area (Å²) in [5.41, 5.74) is 1.38. The molecule has 0 bridgehead atoms. The van der Waals surface area contributed by atoms with Crippen LogP contribution in [0.3, 0.4) is 0 Å². The molecule has 0 aromatic heterocycles. The van der Waals surface area contributed by atoms with Gasteiger partial charge in [-0.05, 0) is 30.5 Å². The van der Waals surface area contributed by atoms with E-state index in [0.29, 0.717) is 159 Å². The first kappa shape index (κ1) is 51.3. The molecule has 1 rings (SSSR count). The van der Waals surface area contributed by atoms with Gasteiger partial charge < -0.3 is 61.6 Å². The molecule has 0 atom stereocenters. The van der Waals surface area contributed by atoms with Crippen molar-refractivity contribution in [3.8, 4) is 5.75 Å². The third-order valence-corrected chi connectivity index (χ3v) is 7.99. The lowest BCUT2D eigenvalue weighted by molar-refractivity contribution is -0.0284. The standard InChI is InChI=1S/C40H73IO13/c1-2-3-4-5-6-7-8-39-9-11-40(12-10-39)54-38-37-53-36-35-52-34-33-51-32-31-50-30-29-49-28-27-48-26-25-47-24-23-46-22-21-45-20-19-44-18-17-43-16-15-42-14-13-41/h9-12H,2-8,13-38H2,1H3. The van der Waals surface area contributed by atoms with Crippen LogP contribution >= 0.6 is 22.6 Å². The van der Waals surface area contributed by atoms with Crippen molar-refractivity contribution in [2.45, 2.75) is 51.9 Å². The largest absolute Gasteiger partial charge is 0.491 e. The summed E-state index contributed by atoms with van der Waals surface area (Å²) in [6.45, 7) is 15.8. The van der Waals surface area contributed by atoms with Crippen LogP contribution in [0.2, 0.25) is 0 Å². The van der Waals surface area contributed by atoms with Gasteiger partial charge in [0, 0.05) is 4.43 Å². The van der Waals surface area contributed by atoms with E-state index in [4.69, 9.17) is 61.6 Å². The molecule has 0 heterocycles. The van der Waals surface area contributed by atoms with Gasteiger partial charge in [-0.2, -0.15) is 0 Å². The highest BCUT2D eigenvalue weighted by molar-refractivity contribution is 14.1. The molecule has 0 spiro atoms. The van der Waals surface area contributed by atoms with E-state index in [2.05, 4.69) is 53.8 Å². The fourth-order valence-electron chi connectivity index (χ4n) is 4.66. The molecule has 1 aromatic rings. The van der Waals surface area contributed by atoms with E-state index in [1.807, 2.05) is 0 Å². The molecule has 0 amide bonds. The van der Waals surface area contributed by atoms with Crippen LogP contribution in [0.1, 0.15) is 51.0 Å². The predicted octanol–water partition coefficient (Wildman–Crippen LogP) is 5.60. The summed E-state index contributed by atoms with van der Waals surface area (Å²) in [5.74, 6) is 0.885. The van der Waals surface area contributed by atoms with Crippen molar-refractivity contribution in [3.63, 3.8) is 0 Å². The van der Waals surface area contributed by atoms with Crippen LogP contribution in [-0.2, 0) is 63.3 Å². The van der Waals surface area contributed by atoms with Crippen molar-refractivity contribution in [2.24, 2.45) is 0 Å².